The number of hydrogen-bond acceptors (Lipinski definition) is 15. The Morgan fingerprint density at radius 2 is 1.56 bits per heavy atom. The van der Waals surface area contributed by atoms with Crippen LogP contribution < -0.4 is 20.4 Å². The molecular weight excluding hydrogens is 801 g/mol. The van der Waals surface area contributed by atoms with Crippen LogP contribution in [0.1, 0.15) is 57.5 Å². The number of methoxy groups -OCH3 is 1. The van der Waals surface area contributed by atoms with Gasteiger partial charge in [0.25, 0.3) is 11.7 Å². The van der Waals surface area contributed by atoms with Crippen LogP contribution in [0.2, 0.25) is 0 Å². The maximum Gasteiger partial charge on any atom is 0.312 e. The van der Waals surface area contributed by atoms with E-state index in [1.807, 2.05) is 7.05 Å². The molecule has 2 aromatic carbocycles. The van der Waals surface area contributed by atoms with Gasteiger partial charge in [0.05, 0.1) is 41.6 Å². The number of aliphatic hydroxyl groups excluding tert-OH is 3. The first-order valence-corrected chi connectivity index (χ1v) is 20.9. The predicted octanol–water partition coefficient (Wildman–Crippen LogP) is 4.84. The highest BCUT2D eigenvalue weighted by Gasteiger charge is 2.50. The number of nitrogens with one attached hydrogen (secondary N) is 1. The third-order valence-corrected chi connectivity index (χ3v) is 13.0. The number of ketones is 1. The third kappa shape index (κ3) is 7.68. The second-order valence-electron chi connectivity index (χ2n) is 17.2. The number of hydrogen-bond donors (Lipinski definition) is 6. The number of allylic oxidation sites excluding steroid dienone is 2. The molecule has 2 aromatic rings. The first-order chi connectivity index (χ1) is 29.3. The molecule has 4 heterocycles. The van der Waals surface area contributed by atoms with Crippen LogP contribution in [0.5, 0.6) is 17.2 Å². The molecule has 0 radical (unpaired) electrons. The Balaban J connectivity index is 1.45. The maximum absolute atomic E-state index is 14.8. The number of benzene rings is 3. The summed E-state index contributed by atoms with van der Waals surface area (Å²) < 4.78 is 24.4. The predicted molar refractivity (Wildman–Crippen MR) is 233 cm³/mol. The molecule has 16 nitrogen and oxygen atoms in total. The minimum Gasteiger partial charge on any atom is -0.507 e. The summed E-state index contributed by atoms with van der Waals surface area (Å²) in [7, 11) is 3.46. The number of likely N-dealkylation sites (N-methyl/N-ethyl adjacent to an activating group) is 1. The smallest absolute Gasteiger partial charge is 0.312 e. The van der Waals surface area contributed by atoms with E-state index in [0.717, 1.165) is 13.1 Å². The van der Waals surface area contributed by atoms with Gasteiger partial charge in [0.15, 0.2) is 11.3 Å². The first kappa shape index (κ1) is 44.5. The molecule has 0 aromatic heterocycles. The number of anilines is 2. The molecule has 1 saturated heterocycles. The number of rotatable bonds is 2. The number of phenols is 2. The molecule has 1 aliphatic carbocycles. The van der Waals surface area contributed by atoms with Gasteiger partial charge in [0, 0.05) is 98.2 Å². The van der Waals surface area contributed by atoms with Gasteiger partial charge in [-0.25, -0.2) is 4.98 Å². The maximum atomic E-state index is 14.8. The summed E-state index contributed by atoms with van der Waals surface area (Å²) in [5.41, 5.74) is -0.578. The molecular formula is C46H56N4O12. The number of Topliss-reactive ketones (excluding diaryl/α,β-unsaturated/α-hetero) is 1. The van der Waals surface area contributed by atoms with Gasteiger partial charge in [0.1, 0.15) is 34.1 Å². The molecule has 1 fully saturated rings. The van der Waals surface area contributed by atoms with Gasteiger partial charge in [0.2, 0.25) is 5.43 Å². The fourth-order valence-electron chi connectivity index (χ4n) is 8.73. The van der Waals surface area contributed by atoms with Crippen LogP contribution in [0.25, 0.3) is 33.3 Å². The van der Waals surface area contributed by atoms with E-state index in [-0.39, 0.29) is 67.2 Å². The lowest BCUT2D eigenvalue weighted by atomic mass is 9.78. The second-order valence-corrected chi connectivity index (χ2v) is 17.2. The summed E-state index contributed by atoms with van der Waals surface area (Å²) in [6.45, 7) is 14.1. The van der Waals surface area contributed by atoms with Crippen molar-refractivity contribution in [1.29, 1.82) is 0 Å². The summed E-state index contributed by atoms with van der Waals surface area (Å²) in [6, 6.07) is 3.25. The molecule has 0 spiro atoms. The van der Waals surface area contributed by atoms with Crippen LogP contribution in [-0.2, 0) is 14.3 Å². The minimum atomic E-state index is -2.05. The van der Waals surface area contributed by atoms with Gasteiger partial charge in [-0.1, -0.05) is 45.9 Å². The zero-order valence-corrected chi connectivity index (χ0v) is 36.4. The fraction of sp³-hybridized carbons (Fsp3) is 0.478. The summed E-state index contributed by atoms with van der Waals surface area (Å²) in [5, 5.41) is 59.4. The van der Waals surface area contributed by atoms with Gasteiger partial charge in [-0.05, 0) is 27.0 Å². The molecule has 4 bridgehead atoms. The SMILES string of the molecule is CO[C@H]1/C=C/O[C@@]2(C)Oc3c(C)c(O)c4c(=O)c(c5oc6cc(N7CCN(C)CC7)cc(O)c6nc-5c4c3C2=O)NC(=O)/C(C)=C\C=C\[C@H](C)[C@H](O)[C@@H](C)[C@@H](O)[C@@H](C)[C@H](O)[C@@H]1C. The van der Waals surface area contributed by atoms with Crippen molar-refractivity contribution >= 4 is 44.9 Å². The van der Waals surface area contributed by atoms with Crippen LogP contribution in [0.15, 0.2) is 57.5 Å². The highest BCUT2D eigenvalue weighted by atomic mass is 16.7. The van der Waals surface area contributed by atoms with E-state index in [0.29, 0.717) is 18.8 Å². The number of amides is 1. The Kier molecular flexibility index (Phi) is 12.2. The fourth-order valence-corrected chi connectivity index (χ4v) is 8.73. The lowest BCUT2D eigenvalue weighted by molar-refractivity contribution is -0.112. The molecule has 332 valence electrons. The van der Waals surface area contributed by atoms with Gasteiger partial charge in [-0.3, -0.25) is 14.4 Å². The first-order valence-electron chi connectivity index (χ1n) is 20.9. The van der Waals surface area contributed by atoms with E-state index in [1.54, 1.807) is 52.0 Å². The normalized spacial score (nSPS) is 31.2. The van der Waals surface area contributed by atoms with Crippen molar-refractivity contribution in [3.63, 3.8) is 0 Å². The average Bonchev–Trinajstić information content (AvgIpc) is 3.52. The number of aliphatic hydroxyl groups is 3. The molecule has 6 N–H and O–H groups in total. The Bertz CT molecular complexity index is 2540. The van der Waals surface area contributed by atoms with Crippen LogP contribution in [0.4, 0.5) is 11.4 Å². The molecule has 4 aliphatic heterocycles. The monoisotopic (exact) mass is 856 g/mol. The molecule has 0 unspecified atom stereocenters. The second kappa shape index (κ2) is 17.0. The van der Waals surface area contributed by atoms with Crippen molar-refractivity contribution in [1.82, 2.24) is 9.88 Å². The molecule has 16 heteroatoms. The van der Waals surface area contributed by atoms with E-state index >= 15 is 0 Å². The number of phenolic OH excluding ortho intramolecular Hbond substituents is 2. The molecule has 62 heavy (non-hydrogen) atoms. The van der Waals surface area contributed by atoms with Gasteiger partial charge in [-0.2, -0.15) is 0 Å². The highest BCUT2D eigenvalue weighted by molar-refractivity contribution is 6.22. The van der Waals surface area contributed by atoms with Crippen LogP contribution in [0, 0.1) is 30.6 Å². The molecule has 9 atom stereocenters. The van der Waals surface area contributed by atoms with E-state index in [9.17, 15) is 39.9 Å². The summed E-state index contributed by atoms with van der Waals surface area (Å²) >= 11 is 0. The van der Waals surface area contributed by atoms with Crippen molar-refractivity contribution in [2.45, 2.75) is 78.7 Å². The largest absolute Gasteiger partial charge is 0.507 e. The van der Waals surface area contributed by atoms with Gasteiger partial charge >= 0.3 is 5.79 Å². The number of piperazine rings is 1. The third-order valence-electron chi connectivity index (χ3n) is 13.0. The Labute approximate surface area is 359 Å². The molecule has 7 rings (SSSR count). The lowest BCUT2D eigenvalue weighted by Crippen LogP contribution is -2.44. The lowest BCUT2D eigenvalue weighted by Gasteiger charge is -2.36. The van der Waals surface area contributed by atoms with Crippen molar-refractivity contribution in [3.05, 3.63) is 69.6 Å². The average molecular weight is 857 g/mol. The molecule has 5 aliphatic rings. The van der Waals surface area contributed by atoms with Crippen LogP contribution in [-0.4, -0.2) is 118 Å². The standard InChI is InChI=1S/C46H56N4O12/c1-21-11-10-12-22(2)45(58)48-36-41(56)32-31(35-43(36)61-30-20-27(19-28(51)34(30)47-35)50-16-14-49(8)15-17-50)33-42(26(6)40(32)55)62-46(7,44(33)57)60-18-13-29(59-9)23(3)38(53)25(5)39(54)24(4)37(21)52/h10-13,18-21,23-25,29,37-39,51-55H,14-17H2,1-9H3,(H,48,58)/b11-10+,18-13+,22-12-/t21-,23+,24+,25-,29-,37-,38+,39+,46-/m0/s1. The van der Waals surface area contributed by atoms with E-state index in [1.165, 1.54) is 46.3 Å². The van der Waals surface area contributed by atoms with E-state index in [4.69, 9.17) is 23.6 Å². The number of fused-ring (bicyclic) bond motifs is 2. The Hall–Kier alpha value is -5.52. The zero-order valence-electron chi connectivity index (χ0n) is 36.4. The van der Waals surface area contributed by atoms with E-state index < -0.39 is 76.7 Å². The van der Waals surface area contributed by atoms with Gasteiger partial charge < -0.3 is 59.3 Å². The number of aromatic hydroxyl groups is 2. The van der Waals surface area contributed by atoms with Gasteiger partial charge in [-0.15, -0.1) is 0 Å². The van der Waals surface area contributed by atoms with Crippen molar-refractivity contribution in [2.24, 2.45) is 23.7 Å². The quantitative estimate of drug-likeness (QED) is 0.117. The highest BCUT2D eigenvalue weighted by Crippen LogP contribution is 2.51. The number of ether oxygens (including phenoxy) is 3. The number of carbonyl (C=O) groups excluding carboxylic acids is 2. The summed E-state index contributed by atoms with van der Waals surface area (Å²) in [5.74, 6) is -7.06. The summed E-state index contributed by atoms with van der Waals surface area (Å²) in [6.07, 6.45) is 3.40. The van der Waals surface area contributed by atoms with Crippen molar-refractivity contribution in [3.8, 4) is 28.7 Å². The van der Waals surface area contributed by atoms with E-state index in [2.05, 4.69) is 15.1 Å². The summed E-state index contributed by atoms with van der Waals surface area (Å²) in [4.78, 5) is 52.4. The number of aromatic nitrogens is 1. The minimum absolute atomic E-state index is 0.00141. The van der Waals surface area contributed by atoms with Crippen LogP contribution in [0.3, 0.4) is 0 Å². The van der Waals surface area contributed by atoms with Crippen molar-refractivity contribution in [2.75, 3.05) is 50.6 Å². The topological polar surface area (TPSA) is 225 Å². The number of carbonyl (C=O) groups is 2. The van der Waals surface area contributed by atoms with Crippen LogP contribution >= 0.6 is 0 Å². The number of nitrogens with zero attached hydrogens (tertiary/aromatic N) is 3. The molecule has 0 saturated carbocycles. The molecule has 1 amide bonds. The van der Waals surface area contributed by atoms with Crippen molar-refractivity contribution < 1.29 is 53.7 Å². The Morgan fingerprint density at radius 1 is 0.903 bits per heavy atom. The zero-order chi connectivity index (χ0) is 45.1. The Morgan fingerprint density at radius 3 is 2.24 bits per heavy atom.